The van der Waals surface area contributed by atoms with Crippen molar-refractivity contribution in [3.8, 4) is 11.5 Å². The van der Waals surface area contributed by atoms with Crippen LogP contribution in [0.25, 0.3) is 11.5 Å². The van der Waals surface area contributed by atoms with Gasteiger partial charge in [0.25, 0.3) is 0 Å². The van der Waals surface area contributed by atoms with E-state index in [4.69, 9.17) is 9.52 Å². The number of aromatic nitrogens is 1. The number of halogens is 2. The van der Waals surface area contributed by atoms with Crippen LogP contribution in [0.2, 0.25) is 0 Å². The Hall–Kier alpha value is -1.69. The predicted octanol–water partition coefficient (Wildman–Crippen LogP) is 2.94. The number of oxazole rings is 1. The van der Waals surface area contributed by atoms with Gasteiger partial charge in [0, 0.05) is 4.47 Å². The molecule has 0 saturated heterocycles. The van der Waals surface area contributed by atoms with Crippen molar-refractivity contribution < 1.29 is 18.7 Å². The van der Waals surface area contributed by atoms with E-state index in [1.54, 1.807) is 0 Å². The molecule has 1 N–H and O–H groups in total. The van der Waals surface area contributed by atoms with Gasteiger partial charge in [0.15, 0.2) is 5.69 Å². The van der Waals surface area contributed by atoms with E-state index in [1.807, 2.05) is 0 Å². The molecule has 1 heterocycles. The van der Waals surface area contributed by atoms with Gasteiger partial charge < -0.3 is 9.52 Å². The summed E-state index contributed by atoms with van der Waals surface area (Å²) in [6.07, 6.45) is 1.04. The van der Waals surface area contributed by atoms with E-state index in [0.717, 1.165) is 6.26 Å². The molecule has 0 aliphatic carbocycles. The molecule has 0 unspecified atom stereocenters. The maximum absolute atomic E-state index is 12.8. The van der Waals surface area contributed by atoms with Crippen molar-refractivity contribution in [3.05, 3.63) is 40.4 Å². The van der Waals surface area contributed by atoms with E-state index in [9.17, 15) is 9.18 Å². The number of rotatable bonds is 2. The number of aromatic carboxylic acids is 1. The molecule has 0 atom stereocenters. The summed E-state index contributed by atoms with van der Waals surface area (Å²) in [7, 11) is 0. The van der Waals surface area contributed by atoms with E-state index in [2.05, 4.69) is 20.9 Å². The largest absolute Gasteiger partial charge is 0.476 e. The van der Waals surface area contributed by atoms with Crippen LogP contribution < -0.4 is 0 Å². The van der Waals surface area contributed by atoms with Gasteiger partial charge in [-0.2, -0.15) is 0 Å². The number of carboxylic acid groups (broad SMARTS) is 1. The molecule has 2 aromatic rings. The zero-order chi connectivity index (χ0) is 11.7. The molecule has 0 amide bonds. The second-order valence-corrected chi connectivity index (χ2v) is 3.82. The highest BCUT2D eigenvalue weighted by molar-refractivity contribution is 9.10. The number of hydrogen-bond donors (Lipinski definition) is 1. The van der Waals surface area contributed by atoms with Gasteiger partial charge in [-0.25, -0.2) is 14.2 Å². The van der Waals surface area contributed by atoms with E-state index < -0.39 is 11.8 Å². The molecule has 1 aromatic carbocycles. The van der Waals surface area contributed by atoms with Crippen LogP contribution in [0.1, 0.15) is 10.5 Å². The molecule has 6 heteroatoms. The molecule has 2 rings (SSSR count). The highest BCUT2D eigenvalue weighted by Crippen LogP contribution is 2.28. The molecule has 4 nitrogen and oxygen atoms in total. The first kappa shape index (κ1) is 10.8. The molecular weight excluding hydrogens is 281 g/mol. The fourth-order valence-electron chi connectivity index (χ4n) is 1.16. The van der Waals surface area contributed by atoms with Gasteiger partial charge >= 0.3 is 5.97 Å². The van der Waals surface area contributed by atoms with Crippen LogP contribution in [-0.2, 0) is 0 Å². The lowest BCUT2D eigenvalue weighted by molar-refractivity contribution is 0.0690. The molecule has 0 bridgehead atoms. The van der Waals surface area contributed by atoms with Gasteiger partial charge in [-0.05, 0) is 34.1 Å². The Morgan fingerprint density at radius 3 is 2.81 bits per heavy atom. The molecule has 0 aliphatic heterocycles. The third kappa shape index (κ3) is 1.96. The van der Waals surface area contributed by atoms with Gasteiger partial charge in [0.2, 0.25) is 5.89 Å². The fraction of sp³-hybridized carbons (Fsp3) is 0. The Labute approximate surface area is 97.9 Å². The minimum atomic E-state index is -1.17. The summed E-state index contributed by atoms with van der Waals surface area (Å²) < 4.78 is 18.3. The number of hydrogen-bond acceptors (Lipinski definition) is 3. The van der Waals surface area contributed by atoms with Crippen molar-refractivity contribution in [1.29, 1.82) is 0 Å². The maximum atomic E-state index is 12.8. The SMILES string of the molecule is O=C(O)c1coc(-c2ccc(F)cc2Br)n1. The Morgan fingerprint density at radius 2 is 2.25 bits per heavy atom. The average molecular weight is 286 g/mol. The topological polar surface area (TPSA) is 63.3 Å². The summed E-state index contributed by atoms with van der Waals surface area (Å²) >= 11 is 3.14. The summed E-state index contributed by atoms with van der Waals surface area (Å²) in [4.78, 5) is 14.3. The van der Waals surface area contributed by atoms with Crippen LogP contribution in [-0.4, -0.2) is 16.1 Å². The van der Waals surface area contributed by atoms with Gasteiger partial charge in [-0.3, -0.25) is 0 Å². The second-order valence-electron chi connectivity index (χ2n) is 2.97. The molecule has 0 aliphatic rings. The summed E-state index contributed by atoms with van der Waals surface area (Å²) in [5, 5.41) is 8.66. The van der Waals surface area contributed by atoms with Crippen molar-refractivity contribution in [2.75, 3.05) is 0 Å². The highest BCUT2D eigenvalue weighted by Gasteiger charge is 2.14. The summed E-state index contributed by atoms with van der Waals surface area (Å²) in [5.41, 5.74) is 0.306. The molecule has 16 heavy (non-hydrogen) atoms. The molecule has 1 aromatic heterocycles. The van der Waals surface area contributed by atoms with Crippen LogP contribution >= 0.6 is 15.9 Å². The first-order valence-corrected chi connectivity index (χ1v) is 5.01. The average Bonchev–Trinajstić information content (AvgIpc) is 2.66. The molecule has 0 radical (unpaired) electrons. The van der Waals surface area contributed by atoms with E-state index in [0.29, 0.717) is 10.0 Å². The number of carbonyl (C=O) groups is 1. The number of nitrogens with zero attached hydrogens (tertiary/aromatic N) is 1. The lowest BCUT2D eigenvalue weighted by atomic mass is 10.2. The monoisotopic (exact) mass is 285 g/mol. The number of carboxylic acids is 1. The zero-order valence-electron chi connectivity index (χ0n) is 7.78. The molecule has 82 valence electrons. The summed E-state index contributed by atoms with van der Waals surface area (Å²) in [5.74, 6) is -1.45. The molecule has 0 fully saturated rings. The Kier molecular flexibility index (Phi) is 2.74. The highest BCUT2D eigenvalue weighted by atomic mass is 79.9. The third-order valence-electron chi connectivity index (χ3n) is 1.88. The lowest BCUT2D eigenvalue weighted by Gasteiger charge is -1.98. The van der Waals surface area contributed by atoms with Crippen molar-refractivity contribution in [3.63, 3.8) is 0 Å². The molecule has 0 saturated carbocycles. The van der Waals surface area contributed by atoms with E-state index in [-0.39, 0.29) is 11.6 Å². The van der Waals surface area contributed by atoms with E-state index in [1.165, 1.54) is 18.2 Å². The Bertz CT molecular complexity index is 553. The maximum Gasteiger partial charge on any atom is 0.357 e. The van der Waals surface area contributed by atoms with Crippen molar-refractivity contribution in [1.82, 2.24) is 4.98 Å². The fourth-order valence-corrected chi connectivity index (χ4v) is 1.68. The molecular formula is C10H5BrFNO3. The van der Waals surface area contributed by atoms with Crippen molar-refractivity contribution in [2.24, 2.45) is 0 Å². The van der Waals surface area contributed by atoms with Crippen LogP contribution in [0.3, 0.4) is 0 Å². The van der Waals surface area contributed by atoms with Crippen molar-refractivity contribution >= 4 is 21.9 Å². The van der Waals surface area contributed by atoms with Crippen molar-refractivity contribution in [2.45, 2.75) is 0 Å². The van der Waals surface area contributed by atoms with Gasteiger partial charge in [0.1, 0.15) is 12.1 Å². The Balaban J connectivity index is 2.46. The minimum Gasteiger partial charge on any atom is -0.476 e. The first-order valence-electron chi connectivity index (χ1n) is 4.22. The lowest BCUT2D eigenvalue weighted by Crippen LogP contribution is -1.95. The van der Waals surface area contributed by atoms with Gasteiger partial charge in [-0.15, -0.1) is 0 Å². The number of benzene rings is 1. The molecule has 0 spiro atoms. The van der Waals surface area contributed by atoms with Crippen LogP contribution in [0, 0.1) is 5.82 Å². The third-order valence-corrected chi connectivity index (χ3v) is 2.54. The predicted molar refractivity (Wildman–Crippen MR) is 56.6 cm³/mol. The van der Waals surface area contributed by atoms with Gasteiger partial charge in [-0.1, -0.05) is 0 Å². The van der Waals surface area contributed by atoms with E-state index >= 15 is 0 Å². The summed E-state index contributed by atoms with van der Waals surface area (Å²) in [6, 6.07) is 3.95. The Morgan fingerprint density at radius 1 is 1.50 bits per heavy atom. The zero-order valence-corrected chi connectivity index (χ0v) is 9.36. The van der Waals surface area contributed by atoms with Crippen LogP contribution in [0.4, 0.5) is 4.39 Å². The smallest absolute Gasteiger partial charge is 0.357 e. The first-order chi connectivity index (χ1) is 7.58. The summed E-state index contributed by atoms with van der Waals surface area (Å²) in [6.45, 7) is 0. The quantitative estimate of drug-likeness (QED) is 0.921. The second kappa shape index (κ2) is 4.05. The van der Waals surface area contributed by atoms with Crippen LogP contribution in [0.15, 0.2) is 33.4 Å². The normalized spacial score (nSPS) is 10.4. The van der Waals surface area contributed by atoms with Crippen LogP contribution in [0.5, 0.6) is 0 Å². The standard InChI is InChI=1S/C10H5BrFNO3/c11-7-3-5(12)1-2-6(7)9-13-8(4-16-9)10(14)15/h1-4H,(H,14,15). The van der Waals surface area contributed by atoms with Gasteiger partial charge in [0.05, 0.1) is 5.56 Å². The minimum absolute atomic E-state index is 0.129.